The van der Waals surface area contributed by atoms with Crippen molar-refractivity contribution in [3.63, 3.8) is 0 Å². The third-order valence-electron chi connectivity index (χ3n) is 4.09. The van der Waals surface area contributed by atoms with E-state index < -0.39 is 16.6 Å². The molecule has 1 saturated carbocycles. The van der Waals surface area contributed by atoms with Gasteiger partial charge in [0.25, 0.3) is 0 Å². The van der Waals surface area contributed by atoms with Crippen LogP contribution in [0.15, 0.2) is 29.2 Å². The first-order valence-corrected chi connectivity index (χ1v) is 8.43. The topological polar surface area (TPSA) is 40.9 Å². The molecule has 4 unspecified atom stereocenters. The average Bonchev–Trinajstić information content (AvgIpc) is 2.47. The molecule has 1 aromatic carbocycles. The van der Waals surface area contributed by atoms with E-state index in [0.29, 0.717) is 5.92 Å². The van der Waals surface area contributed by atoms with Gasteiger partial charge in [0.2, 0.25) is 0 Å². The van der Waals surface area contributed by atoms with Crippen LogP contribution in [0.5, 0.6) is 0 Å². The highest BCUT2D eigenvalue weighted by Crippen LogP contribution is 2.36. The minimum atomic E-state index is -1.43. The molecular weight excluding hydrogens is 273 g/mol. The van der Waals surface area contributed by atoms with Crippen LogP contribution < -0.4 is 0 Å². The van der Waals surface area contributed by atoms with Crippen LogP contribution >= 0.6 is 0 Å². The molecule has 0 aromatic heterocycles. The smallest absolute Gasteiger partial charge is 0.139 e. The van der Waals surface area contributed by atoms with Crippen molar-refractivity contribution in [1.82, 2.24) is 0 Å². The molecule has 0 amide bonds. The van der Waals surface area contributed by atoms with E-state index in [4.69, 9.17) is 0 Å². The zero-order valence-electron chi connectivity index (χ0n) is 11.7. The molecule has 2 nitrogen and oxygen atoms in total. The number of hydrogen-bond acceptors (Lipinski definition) is 2. The number of nitrogens with zero attached hydrogens (tertiary/aromatic N) is 1. The zero-order chi connectivity index (χ0) is 14.5. The number of nitriles is 1. The van der Waals surface area contributed by atoms with Gasteiger partial charge >= 0.3 is 0 Å². The molecule has 0 saturated heterocycles. The summed E-state index contributed by atoms with van der Waals surface area (Å²) in [6.07, 6.45) is 4.78. The van der Waals surface area contributed by atoms with Gasteiger partial charge in [0.15, 0.2) is 0 Å². The lowest BCUT2D eigenvalue weighted by atomic mass is 9.80. The predicted octanol–water partition coefficient (Wildman–Crippen LogP) is 4.04. The van der Waals surface area contributed by atoms with Gasteiger partial charge in [0.05, 0.1) is 32.9 Å². The quantitative estimate of drug-likeness (QED) is 0.840. The minimum Gasteiger partial charge on any atom is -0.254 e. The first-order chi connectivity index (χ1) is 9.67. The fourth-order valence-electron chi connectivity index (χ4n) is 3.04. The van der Waals surface area contributed by atoms with E-state index >= 15 is 0 Å². The van der Waals surface area contributed by atoms with Gasteiger partial charge in [0.1, 0.15) is 5.82 Å². The Hall–Kier alpha value is -1.21. The van der Waals surface area contributed by atoms with Crippen molar-refractivity contribution in [3.8, 4) is 6.07 Å². The maximum Gasteiger partial charge on any atom is 0.139 e. The Balaban J connectivity index is 2.21. The highest BCUT2D eigenvalue weighted by Gasteiger charge is 2.35. The number of halogens is 1. The van der Waals surface area contributed by atoms with Crippen LogP contribution in [0.25, 0.3) is 0 Å². The van der Waals surface area contributed by atoms with Gasteiger partial charge in [-0.3, -0.25) is 4.21 Å². The maximum absolute atomic E-state index is 13.8. The molecule has 0 heterocycles. The molecule has 0 radical (unpaired) electrons. The Labute approximate surface area is 122 Å². The minimum absolute atomic E-state index is 0.219. The number of rotatable bonds is 4. The Morgan fingerprint density at radius 2 is 2.15 bits per heavy atom. The van der Waals surface area contributed by atoms with Crippen LogP contribution in [-0.2, 0) is 10.8 Å². The lowest BCUT2D eigenvalue weighted by Gasteiger charge is -2.32. The largest absolute Gasteiger partial charge is 0.254 e. The highest BCUT2D eigenvalue weighted by molar-refractivity contribution is 7.85. The Kier molecular flexibility index (Phi) is 5.31. The summed E-state index contributed by atoms with van der Waals surface area (Å²) < 4.78 is 26.5. The Morgan fingerprint density at radius 3 is 2.80 bits per heavy atom. The van der Waals surface area contributed by atoms with Gasteiger partial charge in [-0.1, -0.05) is 31.9 Å². The summed E-state index contributed by atoms with van der Waals surface area (Å²) in [5.41, 5.74) is 0. The summed E-state index contributed by atoms with van der Waals surface area (Å²) in [6, 6.07) is 8.47. The molecule has 4 heteroatoms. The molecule has 1 aliphatic carbocycles. The first kappa shape index (κ1) is 15.2. The van der Waals surface area contributed by atoms with Crippen molar-refractivity contribution in [2.45, 2.75) is 49.2 Å². The van der Waals surface area contributed by atoms with Crippen molar-refractivity contribution >= 4 is 10.8 Å². The molecule has 2 rings (SSSR count). The lowest BCUT2D eigenvalue weighted by molar-refractivity contribution is 0.303. The molecule has 20 heavy (non-hydrogen) atoms. The second kappa shape index (κ2) is 6.99. The van der Waals surface area contributed by atoms with Crippen molar-refractivity contribution in [1.29, 1.82) is 5.26 Å². The second-order valence-corrected chi connectivity index (χ2v) is 7.11. The van der Waals surface area contributed by atoms with E-state index in [1.807, 2.05) is 0 Å². The molecule has 0 aliphatic heterocycles. The Bertz CT molecular complexity index is 525. The zero-order valence-corrected chi connectivity index (χ0v) is 12.5. The van der Waals surface area contributed by atoms with E-state index in [9.17, 15) is 13.9 Å². The predicted molar refractivity (Wildman–Crippen MR) is 77.9 cm³/mol. The fourth-order valence-corrected chi connectivity index (χ4v) is 4.78. The van der Waals surface area contributed by atoms with Crippen LogP contribution in [-0.4, -0.2) is 9.46 Å². The van der Waals surface area contributed by atoms with E-state index in [1.165, 1.54) is 6.07 Å². The monoisotopic (exact) mass is 293 g/mol. The van der Waals surface area contributed by atoms with Crippen LogP contribution in [0.1, 0.15) is 39.0 Å². The molecule has 1 aromatic rings. The van der Waals surface area contributed by atoms with Crippen LogP contribution in [0.3, 0.4) is 0 Å². The lowest BCUT2D eigenvalue weighted by Crippen LogP contribution is -2.32. The van der Waals surface area contributed by atoms with Crippen molar-refractivity contribution in [2.75, 3.05) is 0 Å². The average molecular weight is 293 g/mol. The highest BCUT2D eigenvalue weighted by atomic mass is 32.2. The number of benzene rings is 1. The fraction of sp³-hybridized carbons (Fsp3) is 0.562. The first-order valence-electron chi connectivity index (χ1n) is 7.22. The molecule has 1 fully saturated rings. The summed E-state index contributed by atoms with van der Waals surface area (Å²) in [4.78, 5) is 0.245. The molecule has 1 aliphatic rings. The third-order valence-corrected chi connectivity index (χ3v) is 5.93. The molecule has 4 atom stereocenters. The summed E-state index contributed by atoms with van der Waals surface area (Å²) in [6.45, 7) is 2.14. The van der Waals surface area contributed by atoms with Gasteiger partial charge in [-0.15, -0.1) is 0 Å². The third kappa shape index (κ3) is 3.27. The molecule has 0 spiro atoms. The standard InChI is InChI=1S/C16H20FNOS/c1-2-5-12-8-9-13(11-18)16(10-12)20(19)15-7-4-3-6-14(15)17/h3-4,6-7,12-13,16H,2,5,8-10H2,1H3. The normalized spacial score (nSPS) is 27.8. The Morgan fingerprint density at radius 1 is 1.40 bits per heavy atom. The maximum atomic E-state index is 13.8. The van der Waals surface area contributed by atoms with E-state index in [1.54, 1.807) is 18.2 Å². The van der Waals surface area contributed by atoms with Crippen molar-refractivity contribution < 1.29 is 8.60 Å². The van der Waals surface area contributed by atoms with Crippen molar-refractivity contribution in [3.05, 3.63) is 30.1 Å². The van der Waals surface area contributed by atoms with Gasteiger partial charge in [-0.25, -0.2) is 4.39 Å². The summed E-state index contributed by atoms with van der Waals surface area (Å²) in [7, 11) is -1.43. The van der Waals surface area contributed by atoms with Crippen molar-refractivity contribution in [2.24, 2.45) is 11.8 Å². The SMILES string of the molecule is CCCC1CCC(C#N)C(S(=O)c2ccccc2F)C1. The second-order valence-electron chi connectivity index (χ2n) is 5.47. The summed E-state index contributed by atoms with van der Waals surface area (Å²) in [5, 5.41) is 9.03. The summed E-state index contributed by atoms with van der Waals surface area (Å²) in [5.74, 6) is -0.131. The van der Waals surface area contributed by atoms with E-state index in [2.05, 4.69) is 13.0 Å². The molecule has 108 valence electrons. The van der Waals surface area contributed by atoms with Gasteiger partial charge in [0, 0.05) is 0 Å². The summed E-state index contributed by atoms with van der Waals surface area (Å²) >= 11 is 0. The van der Waals surface area contributed by atoms with E-state index in [0.717, 1.165) is 32.1 Å². The molecule has 0 bridgehead atoms. The molecular formula is C16H20FNOS. The number of hydrogen-bond donors (Lipinski definition) is 0. The van der Waals surface area contributed by atoms with Gasteiger partial charge in [-0.2, -0.15) is 5.26 Å². The van der Waals surface area contributed by atoms with E-state index in [-0.39, 0.29) is 16.1 Å². The van der Waals surface area contributed by atoms with Crippen LogP contribution in [0.4, 0.5) is 4.39 Å². The van der Waals surface area contributed by atoms with Crippen LogP contribution in [0, 0.1) is 29.0 Å². The van der Waals surface area contributed by atoms with Crippen LogP contribution in [0.2, 0.25) is 0 Å². The molecule has 0 N–H and O–H groups in total. The van der Waals surface area contributed by atoms with Gasteiger partial charge < -0.3 is 0 Å². The van der Waals surface area contributed by atoms with Gasteiger partial charge in [-0.05, 0) is 37.3 Å².